The quantitative estimate of drug-likeness (QED) is 0.199. The summed E-state index contributed by atoms with van der Waals surface area (Å²) in [6.07, 6.45) is 0. The number of fused-ring (bicyclic) bond motifs is 6. The van der Waals surface area contributed by atoms with E-state index < -0.39 is 6.04 Å². The largest absolute Gasteiger partial charge is 0.456 e. The molecule has 0 atom stereocenters. The van der Waals surface area contributed by atoms with Gasteiger partial charge in [-0.3, -0.25) is 0 Å². The fourth-order valence-corrected chi connectivity index (χ4v) is 6.81. The van der Waals surface area contributed by atoms with Crippen molar-refractivity contribution in [2.45, 2.75) is 0 Å². The first kappa shape index (κ1) is 19.5. The van der Waals surface area contributed by atoms with Crippen molar-refractivity contribution < 1.29 is 11.3 Å². The number of rotatable bonds is 3. The molecular weight excluding hydrogens is 520 g/mol. The molecule has 1 aromatic heterocycles. The van der Waals surface area contributed by atoms with Gasteiger partial charge in [-0.05, 0) is 78.3 Å². The fourth-order valence-electron chi connectivity index (χ4n) is 6.81. The minimum atomic E-state index is -0.421. The molecule has 0 fully saturated rings. The van der Waals surface area contributed by atoms with Crippen LogP contribution in [0.3, 0.4) is 0 Å². The number of hydrogen-bond donors (Lipinski definition) is 0. The van der Waals surface area contributed by atoms with E-state index >= 15 is 0 Å². The third-order valence-corrected chi connectivity index (χ3v) is 8.55. The number of furan rings is 1. The van der Waals surface area contributed by atoms with Gasteiger partial charge in [0.2, 0.25) is 0 Å². The van der Waals surface area contributed by atoms with Gasteiger partial charge < -0.3 is 4.42 Å². The number of hydrogen-bond acceptors (Lipinski definition) is 1. The van der Waals surface area contributed by atoms with Crippen molar-refractivity contribution >= 4 is 54.3 Å². The number of benzene rings is 8. The molecule has 0 amide bonds. The zero-order valence-corrected chi connectivity index (χ0v) is 23.0. The molecule has 1 heteroatoms. The van der Waals surface area contributed by atoms with Crippen LogP contribution >= 0.6 is 0 Å². The molecule has 8 aromatic carbocycles. The highest BCUT2D eigenvalue weighted by atomic mass is 16.3. The average Bonchev–Trinajstić information content (AvgIpc) is 3.51. The Kier molecular flexibility index (Phi) is 4.27. The van der Waals surface area contributed by atoms with E-state index in [0.717, 1.165) is 60.0 Å². The molecule has 0 saturated carbocycles. The van der Waals surface area contributed by atoms with Crippen molar-refractivity contribution in [3.8, 4) is 33.4 Å². The van der Waals surface area contributed by atoms with Crippen LogP contribution in [0.4, 0.5) is 0 Å². The maximum atomic E-state index is 9.11. The lowest BCUT2D eigenvalue weighted by Gasteiger charge is -2.21. The minimum Gasteiger partial charge on any atom is -0.456 e. The van der Waals surface area contributed by atoms with Crippen molar-refractivity contribution in [1.82, 2.24) is 0 Å². The van der Waals surface area contributed by atoms with Crippen molar-refractivity contribution in [1.29, 1.82) is 0 Å². The van der Waals surface area contributed by atoms with Gasteiger partial charge >= 0.3 is 0 Å². The Labute approximate surface area is 256 Å². The molecule has 0 aliphatic heterocycles. The fraction of sp³-hybridized carbons (Fsp3) is 0. The summed E-state index contributed by atoms with van der Waals surface area (Å²) < 4.78 is 50.1. The van der Waals surface area contributed by atoms with Crippen molar-refractivity contribution in [3.05, 3.63) is 158 Å². The molecule has 0 aliphatic rings. The highest BCUT2D eigenvalue weighted by Crippen LogP contribution is 2.49. The molecule has 1 heterocycles. The molecule has 0 saturated heterocycles. The van der Waals surface area contributed by atoms with Gasteiger partial charge in [0.15, 0.2) is 0 Å². The first-order valence-corrected chi connectivity index (χ1v) is 14.4. The monoisotopic (exact) mass is 551 g/mol. The standard InChI is InChI=1S/C42H26O/c1-2-14-28(15-3-1)39-36(25-26-38-42(39)35-22-10-11-24-37(35)43-38)41-33-20-8-6-18-31(33)40(32-19-7-9-21-34(32)41)30-23-12-16-27-13-4-5-17-29(27)30/h1-26H/i1D,2D,3D,14D,15D. The maximum absolute atomic E-state index is 9.11. The Bertz CT molecular complexity index is 2700. The zero-order valence-electron chi connectivity index (χ0n) is 28.0. The van der Waals surface area contributed by atoms with E-state index in [-0.39, 0.29) is 29.7 Å². The van der Waals surface area contributed by atoms with Crippen LogP contribution in [-0.2, 0) is 0 Å². The molecule has 200 valence electrons. The Morgan fingerprint density at radius 2 is 0.953 bits per heavy atom. The molecule has 0 unspecified atom stereocenters. The highest BCUT2D eigenvalue weighted by Gasteiger charge is 2.22. The van der Waals surface area contributed by atoms with E-state index in [2.05, 4.69) is 78.9 Å². The van der Waals surface area contributed by atoms with Gasteiger partial charge in [0, 0.05) is 16.3 Å². The van der Waals surface area contributed by atoms with Gasteiger partial charge in [0.1, 0.15) is 11.2 Å². The summed E-state index contributed by atoms with van der Waals surface area (Å²) in [5, 5.41) is 7.98. The van der Waals surface area contributed by atoms with E-state index in [0.29, 0.717) is 22.1 Å². The molecule has 0 bridgehead atoms. The summed E-state index contributed by atoms with van der Waals surface area (Å²) in [6, 6.07) is 41.5. The summed E-state index contributed by atoms with van der Waals surface area (Å²) in [5.41, 5.74) is 5.92. The van der Waals surface area contributed by atoms with Gasteiger partial charge in [0.05, 0.1) is 6.85 Å². The Hall–Kier alpha value is -5.66. The number of para-hydroxylation sites is 1. The van der Waals surface area contributed by atoms with Gasteiger partial charge in [0.25, 0.3) is 0 Å². The van der Waals surface area contributed by atoms with E-state index in [1.54, 1.807) is 0 Å². The molecule has 0 radical (unpaired) electrons. The lowest BCUT2D eigenvalue weighted by molar-refractivity contribution is 0.669. The van der Waals surface area contributed by atoms with E-state index in [1.165, 1.54) is 0 Å². The first-order chi connectivity index (χ1) is 23.4. The third-order valence-electron chi connectivity index (χ3n) is 8.55. The lowest BCUT2D eigenvalue weighted by Crippen LogP contribution is -1.93. The average molecular weight is 552 g/mol. The highest BCUT2D eigenvalue weighted by molar-refractivity contribution is 6.26. The van der Waals surface area contributed by atoms with Crippen LogP contribution in [0.25, 0.3) is 87.6 Å². The van der Waals surface area contributed by atoms with Crippen LogP contribution in [0.1, 0.15) is 6.85 Å². The predicted molar refractivity (Wildman–Crippen MR) is 183 cm³/mol. The van der Waals surface area contributed by atoms with E-state index in [1.807, 2.05) is 48.5 Å². The summed E-state index contributed by atoms with van der Waals surface area (Å²) in [4.78, 5) is 0. The normalized spacial score (nSPS) is 13.3. The van der Waals surface area contributed by atoms with Crippen LogP contribution in [-0.4, -0.2) is 0 Å². The molecule has 0 N–H and O–H groups in total. The summed E-state index contributed by atoms with van der Waals surface area (Å²) in [6.45, 7) is 0. The molecule has 9 aromatic rings. The lowest BCUT2D eigenvalue weighted by atomic mass is 9.82. The third kappa shape index (κ3) is 3.58. The smallest absolute Gasteiger partial charge is 0.136 e. The van der Waals surface area contributed by atoms with Crippen molar-refractivity contribution in [3.63, 3.8) is 0 Å². The van der Waals surface area contributed by atoms with E-state index in [9.17, 15) is 0 Å². The zero-order chi connectivity index (χ0) is 32.7. The summed E-state index contributed by atoms with van der Waals surface area (Å²) >= 11 is 0. The Balaban J connectivity index is 1.51. The Morgan fingerprint density at radius 3 is 1.65 bits per heavy atom. The second-order valence-corrected chi connectivity index (χ2v) is 10.8. The van der Waals surface area contributed by atoms with Gasteiger partial charge in [-0.25, -0.2) is 0 Å². The van der Waals surface area contributed by atoms with Crippen LogP contribution in [0, 0.1) is 0 Å². The first-order valence-electron chi connectivity index (χ1n) is 16.9. The molecule has 0 aliphatic carbocycles. The molecule has 1 nitrogen and oxygen atoms in total. The maximum Gasteiger partial charge on any atom is 0.136 e. The molecule has 0 spiro atoms. The van der Waals surface area contributed by atoms with Crippen LogP contribution in [0.5, 0.6) is 0 Å². The Morgan fingerprint density at radius 1 is 0.395 bits per heavy atom. The SMILES string of the molecule is [2H]c1c([2H])c([2H])c(-c2c(-c3c4ccccc4c(-c4cccc5ccccc45)c4ccccc34)ccc3oc4ccccc4c23)c([2H])c1[2H]. The topological polar surface area (TPSA) is 13.1 Å². The van der Waals surface area contributed by atoms with Crippen LogP contribution in [0.2, 0.25) is 0 Å². The minimum absolute atomic E-state index is 0.152. The van der Waals surface area contributed by atoms with Gasteiger partial charge in [-0.2, -0.15) is 0 Å². The van der Waals surface area contributed by atoms with Gasteiger partial charge in [-0.1, -0.05) is 139 Å². The van der Waals surface area contributed by atoms with Crippen molar-refractivity contribution in [2.24, 2.45) is 0 Å². The summed E-state index contributed by atoms with van der Waals surface area (Å²) in [7, 11) is 0. The van der Waals surface area contributed by atoms with Crippen molar-refractivity contribution in [2.75, 3.05) is 0 Å². The second kappa shape index (κ2) is 9.44. The second-order valence-electron chi connectivity index (χ2n) is 10.8. The summed E-state index contributed by atoms with van der Waals surface area (Å²) in [5.74, 6) is 0. The van der Waals surface area contributed by atoms with E-state index in [4.69, 9.17) is 11.3 Å². The molecule has 9 rings (SSSR count). The molecular formula is C42H26O. The predicted octanol–water partition coefficient (Wildman–Crippen LogP) is 12.0. The molecule has 43 heavy (non-hydrogen) atoms. The van der Waals surface area contributed by atoms with Crippen LogP contribution < -0.4 is 0 Å². The van der Waals surface area contributed by atoms with Crippen LogP contribution in [0.15, 0.2) is 162 Å². The van der Waals surface area contributed by atoms with Gasteiger partial charge in [-0.15, -0.1) is 0 Å².